The molecule has 4 rings (SSSR count). The summed E-state index contributed by atoms with van der Waals surface area (Å²) in [6, 6.07) is 18.0. The number of benzene rings is 3. The fourth-order valence-corrected chi connectivity index (χ4v) is 4.44. The molecule has 3 aromatic carbocycles. The molecule has 0 saturated carbocycles. The molecule has 1 aromatic heterocycles. The van der Waals surface area contributed by atoms with E-state index in [1.54, 1.807) is 19.1 Å². The number of aryl methyl sites for hydroxylation is 1. The molecule has 8 nitrogen and oxygen atoms in total. The second-order valence-corrected chi connectivity index (χ2v) is 10.3. The molecule has 0 saturated heterocycles. The van der Waals surface area contributed by atoms with E-state index in [4.69, 9.17) is 0 Å². The summed E-state index contributed by atoms with van der Waals surface area (Å²) in [6.45, 7) is 12.1. The van der Waals surface area contributed by atoms with Crippen LogP contribution in [0.2, 0.25) is 0 Å². The summed E-state index contributed by atoms with van der Waals surface area (Å²) in [7, 11) is 0. The fourth-order valence-electron chi connectivity index (χ4n) is 4.44. The van der Waals surface area contributed by atoms with E-state index in [0.29, 0.717) is 23.3 Å². The highest BCUT2D eigenvalue weighted by molar-refractivity contribution is 6.02. The van der Waals surface area contributed by atoms with Crippen LogP contribution in [0.1, 0.15) is 33.3 Å². The summed E-state index contributed by atoms with van der Waals surface area (Å²) >= 11 is 0. The van der Waals surface area contributed by atoms with Crippen molar-refractivity contribution in [3.05, 3.63) is 72.0 Å². The Hall–Kier alpha value is -4.27. The number of urea groups is 1. The monoisotopic (exact) mass is 515 g/mol. The Bertz CT molecular complexity index is 1380. The number of nitrogens with one attached hydrogen (secondary N) is 3. The van der Waals surface area contributed by atoms with Crippen LogP contribution >= 0.6 is 0 Å². The highest BCUT2D eigenvalue weighted by atomic mass is 19.1. The highest BCUT2D eigenvalue weighted by Crippen LogP contribution is 2.36. The van der Waals surface area contributed by atoms with E-state index in [2.05, 4.69) is 63.9 Å². The molecule has 9 heteroatoms. The van der Waals surface area contributed by atoms with Gasteiger partial charge in [0, 0.05) is 18.7 Å². The number of aromatic nitrogens is 4. The van der Waals surface area contributed by atoms with Crippen LogP contribution in [-0.4, -0.2) is 39.7 Å². The van der Waals surface area contributed by atoms with Crippen molar-refractivity contribution in [1.29, 1.82) is 0 Å². The molecule has 0 unspecified atom stereocenters. The molecule has 198 valence electrons. The fraction of sp³-hybridized carbons (Fsp3) is 0.310. The standard InChI is InChI=1S/C29H34FN7O/c1-18(2)16-37(17-19(3)4)27-13-11-21(22-8-6-7-9-23(22)28-33-35-36-34-28)15-26(27)32-29(38)31-25-12-10-20(5)14-24(25)30/h6-15,18-19H,16-17H2,1-5H3,(H2,31,32,38)(H,33,34,35,36). The second-order valence-electron chi connectivity index (χ2n) is 10.3. The van der Waals surface area contributed by atoms with Crippen LogP contribution in [-0.2, 0) is 0 Å². The number of hydrogen-bond acceptors (Lipinski definition) is 5. The number of carbonyl (C=O) groups is 1. The molecule has 0 fully saturated rings. The lowest BCUT2D eigenvalue weighted by Crippen LogP contribution is -2.32. The molecule has 0 aliphatic heterocycles. The molecule has 4 aromatic rings. The van der Waals surface area contributed by atoms with E-state index >= 15 is 0 Å². The number of carbonyl (C=O) groups excluding carboxylic acids is 1. The lowest BCUT2D eigenvalue weighted by molar-refractivity contribution is 0.262. The van der Waals surface area contributed by atoms with Crippen LogP contribution < -0.4 is 15.5 Å². The van der Waals surface area contributed by atoms with Crippen molar-refractivity contribution in [3.8, 4) is 22.5 Å². The van der Waals surface area contributed by atoms with Crippen molar-refractivity contribution in [3.63, 3.8) is 0 Å². The molecule has 0 atom stereocenters. The molecule has 0 aliphatic rings. The summed E-state index contributed by atoms with van der Waals surface area (Å²) in [5.74, 6) is 0.894. The van der Waals surface area contributed by atoms with Gasteiger partial charge in [-0.25, -0.2) is 14.3 Å². The van der Waals surface area contributed by atoms with Crippen molar-refractivity contribution >= 4 is 23.1 Å². The number of halogens is 1. The first-order valence-electron chi connectivity index (χ1n) is 12.8. The average Bonchev–Trinajstić information content (AvgIpc) is 3.40. The molecule has 0 aliphatic carbocycles. The van der Waals surface area contributed by atoms with E-state index in [1.807, 2.05) is 42.5 Å². The van der Waals surface area contributed by atoms with Crippen LogP contribution in [0.25, 0.3) is 22.5 Å². The molecule has 2 amide bonds. The van der Waals surface area contributed by atoms with Gasteiger partial charge in [-0.15, -0.1) is 5.10 Å². The number of aromatic amines is 1. The normalized spacial score (nSPS) is 11.2. The average molecular weight is 516 g/mol. The molecular weight excluding hydrogens is 481 g/mol. The van der Waals surface area contributed by atoms with Gasteiger partial charge < -0.3 is 15.5 Å². The van der Waals surface area contributed by atoms with Gasteiger partial charge in [-0.05, 0) is 70.1 Å². The van der Waals surface area contributed by atoms with Gasteiger partial charge in [-0.2, -0.15) is 0 Å². The first-order chi connectivity index (χ1) is 18.2. The van der Waals surface area contributed by atoms with Gasteiger partial charge in [-0.1, -0.05) is 64.1 Å². The molecule has 0 spiro atoms. The maximum atomic E-state index is 14.4. The number of amides is 2. The van der Waals surface area contributed by atoms with Crippen LogP contribution in [0.15, 0.2) is 60.7 Å². The molecule has 0 bridgehead atoms. The summed E-state index contributed by atoms with van der Waals surface area (Å²) in [4.78, 5) is 15.4. The minimum absolute atomic E-state index is 0.121. The Balaban J connectivity index is 1.75. The van der Waals surface area contributed by atoms with E-state index in [-0.39, 0.29) is 5.69 Å². The van der Waals surface area contributed by atoms with Crippen LogP contribution in [0.4, 0.5) is 26.2 Å². The van der Waals surface area contributed by atoms with Gasteiger partial charge in [0.1, 0.15) is 5.82 Å². The number of nitrogens with zero attached hydrogens (tertiary/aromatic N) is 4. The zero-order chi connectivity index (χ0) is 27.2. The summed E-state index contributed by atoms with van der Waals surface area (Å²) in [6.07, 6.45) is 0. The molecule has 1 heterocycles. The van der Waals surface area contributed by atoms with E-state index in [1.165, 1.54) is 6.07 Å². The first-order valence-corrected chi connectivity index (χ1v) is 12.8. The van der Waals surface area contributed by atoms with E-state index in [0.717, 1.165) is 41.0 Å². The highest BCUT2D eigenvalue weighted by Gasteiger charge is 2.19. The van der Waals surface area contributed by atoms with Gasteiger partial charge in [-0.3, -0.25) is 0 Å². The number of anilines is 3. The Morgan fingerprint density at radius 1 is 0.921 bits per heavy atom. The second kappa shape index (κ2) is 11.9. The minimum atomic E-state index is -0.520. The molecular formula is C29H34FN7O. The molecule has 38 heavy (non-hydrogen) atoms. The van der Waals surface area contributed by atoms with Crippen LogP contribution in [0.3, 0.4) is 0 Å². The lowest BCUT2D eigenvalue weighted by Gasteiger charge is -2.31. The predicted octanol–water partition coefficient (Wildman–Crippen LogP) is 6.74. The smallest absolute Gasteiger partial charge is 0.323 e. The van der Waals surface area contributed by atoms with Crippen molar-refractivity contribution < 1.29 is 9.18 Å². The first kappa shape index (κ1) is 26.8. The van der Waals surface area contributed by atoms with Gasteiger partial charge in [0.15, 0.2) is 5.82 Å². The summed E-state index contributed by atoms with van der Waals surface area (Å²) < 4.78 is 14.4. The maximum absolute atomic E-state index is 14.4. The predicted molar refractivity (Wildman–Crippen MR) is 151 cm³/mol. The summed E-state index contributed by atoms with van der Waals surface area (Å²) in [5.41, 5.74) is 5.05. The van der Waals surface area contributed by atoms with Gasteiger partial charge in [0.25, 0.3) is 0 Å². The number of hydrogen-bond donors (Lipinski definition) is 3. The molecule has 3 N–H and O–H groups in total. The van der Waals surface area contributed by atoms with Gasteiger partial charge >= 0.3 is 6.03 Å². The third-order valence-corrected chi connectivity index (χ3v) is 5.97. The van der Waals surface area contributed by atoms with Crippen molar-refractivity contribution in [2.75, 3.05) is 28.6 Å². The van der Waals surface area contributed by atoms with Gasteiger partial charge in [0.05, 0.1) is 17.1 Å². The zero-order valence-electron chi connectivity index (χ0n) is 22.4. The summed E-state index contributed by atoms with van der Waals surface area (Å²) in [5, 5.41) is 20.0. The number of tetrazole rings is 1. The third-order valence-electron chi connectivity index (χ3n) is 5.97. The largest absolute Gasteiger partial charge is 0.369 e. The Morgan fingerprint density at radius 3 is 2.24 bits per heavy atom. The van der Waals surface area contributed by atoms with Crippen LogP contribution in [0, 0.1) is 24.6 Å². The van der Waals surface area contributed by atoms with E-state index in [9.17, 15) is 9.18 Å². The zero-order valence-corrected chi connectivity index (χ0v) is 22.4. The Kier molecular flexibility index (Phi) is 8.35. The Morgan fingerprint density at radius 2 is 1.61 bits per heavy atom. The number of H-pyrrole nitrogens is 1. The number of rotatable bonds is 9. The van der Waals surface area contributed by atoms with E-state index < -0.39 is 11.8 Å². The minimum Gasteiger partial charge on any atom is -0.369 e. The van der Waals surface area contributed by atoms with Crippen molar-refractivity contribution in [1.82, 2.24) is 20.6 Å². The lowest BCUT2D eigenvalue weighted by atomic mass is 9.97. The third kappa shape index (κ3) is 6.53. The maximum Gasteiger partial charge on any atom is 0.323 e. The topological polar surface area (TPSA) is 98.8 Å². The quantitative estimate of drug-likeness (QED) is 0.229. The van der Waals surface area contributed by atoms with Crippen molar-refractivity contribution in [2.45, 2.75) is 34.6 Å². The molecule has 0 radical (unpaired) electrons. The van der Waals surface area contributed by atoms with Crippen molar-refractivity contribution in [2.24, 2.45) is 11.8 Å². The Labute approximate surface area is 222 Å². The SMILES string of the molecule is Cc1ccc(NC(=O)Nc2cc(-c3ccccc3-c3nnn[nH]3)ccc2N(CC(C)C)CC(C)C)c(F)c1. The van der Waals surface area contributed by atoms with Gasteiger partial charge in [0.2, 0.25) is 0 Å². The van der Waals surface area contributed by atoms with Crippen LogP contribution in [0.5, 0.6) is 0 Å².